The summed E-state index contributed by atoms with van der Waals surface area (Å²) in [5.74, 6) is -1.69. The molecular weight excluding hydrogens is 196 g/mol. The number of hydrogen-bond acceptors (Lipinski definition) is 6. The zero-order valence-electron chi connectivity index (χ0n) is 8.11. The summed E-state index contributed by atoms with van der Waals surface area (Å²) in [5, 5.41) is 35.6. The molecule has 0 bridgehead atoms. The number of ether oxygens (including phenoxy) is 1. The highest BCUT2D eigenvalue weighted by molar-refractivity contribution is 5.73. The zero-order chi connectivity index (χ0) is 12.0. The Morgan fingerprint density at radius 3 is 2.43 bits per heavy atom. The minimum atomic E-state index is -2.13. The first-order chi connectivity index (χ1) is 6.95. The van der Waals surface area contributed by atoms with E-state index >= 15 is 0 Å². The van der Waals surface area contributed by atoms with Gasteiger partial charge in [0.2, 0.25) is 0 Å². The summed E-state index contributed by atoms with van der Waals surface area (Å²) in [6.07, 6.45) is -7.67. The average molecular weight is 209 g/mol. The molecule has 0 aromatic heterocycles. The first kappa shape index (κ1) is 11.1. The van der Waals surface area contributed by atoms with Crippen molar-refractivity contribution in [3.8, 4) is 0 Å². The highest BCUT2D eigenvalue weighted by Gasteiger charge is 2.35. The molecule has 0 heterocycles. The van der Waals surface area contributed by atoms with Crippen molar-refractivity contribution in [3.63, 3.8) is 0 Å². The Balaban J connectivity index is 4.63. The van der Waals surface area contributed by atoms with E-state index in [9.17, 15) is 14.7 Å². The van der Waals surface area contributed by atoms with E-state index in [1.165, 1.54) is 0 Å². The molecule has 4 atom stereocenters. The molecule has 0 aromatic carbocycles. The minimum Gasteiger partial charge on any atom is -0.479 e. The van der Waals surface area contributed by atoms with Gasteiger partial charge in [0.1, 0.15) is 18.3 Å². The van der Waals surface area contributed by atoms with E-state index in [0.29, 0.717) is 0 Å². The highest BCUT2D eigenvalue weighted by Crippen LogP contribution is 2.08. The molecular formula is C7H12O7. The van der Waals surface area contributed by atoms with Gasteiger partial charge in [0.05, 0.1) is 1.37 Å². The first-order valence-corrected chi connectivity index (χ1v) is 3.58. The number of carboxylic acid groups (broad SMARTS) is 1. The maximum Gasteiger partial charge on any atom is 0.335 e. The van der Waals surface area contributed by atoms with Gasteiger partial charge in [-0.15, -0.1) is 0 Å². The van der Waals surface area contributed by atoms with Crippen molar-refractivity contribution in [3.05, 3.63) is 0 Å². The van der Waals surface area contributed by atoms with Crippen LogP contribution in [-0.2, 0) is 14.3 Å². The van der Waals surface area contributed by atoms with Gasteiger partial charge in [-0.2, -0.15) is 0 Å². The molecule has 0 saturated heterocycles. The Hall–Kier alpha value is -1.02. The number of carbonyl (C=O) groups excluding carboxylic acids is 1. The Morgan fingerprint density at radius 1 is 1.50 bits per heavy atom. The van der Waals surface area contributed by atoms with E-state index in [-0.39, 0.29) is 6.29 Å². The standard InChI is InChI=1S/C7H12O7/c1-14-6(5(11)7(12)13)4(10)3(9)2-8/h2-6,9-11H,1H3,(H,12,13)/t3-,4+,5-,6-/m0/s1/i1D. The van der Waals surface area contributed by atoms with Gasteiger partial charge in [0.15, 0.2) is 12.4 Å². The first-order valence-electron chi connectivity index (χ1n) is 4.29. The number of methoxy groups -OCH3 is 1. The van der Waals surface area contributed by atoms with Crippen LogP contribution in [-0.4, -0.2) is 64.2 Å². The maximum atomic E-state index is 10.4. The molecule has 0 aliphatic heterocycles. The fourth-order valence-corrected chi connectivity index (χ4v) is 0.792. The molecule has 0 fully saturated rings. The second kappa shape index (κ2) is 5.66. The normalized spacial score (nSPS) is 20.4. The quantitative estimate of drug-likeness (QED) is 0.352. The van der Waals surface area contributed by atoms with E-state index in [0.717, 1.165) is 0 Å². The van der Waals surface area contributed by atoms with Crippen molar-refractivity contribution in [2.45, 2.75) is 24.4 Å². The summed E-state index contributed by atoms with van der Waals surface area (Å²) in [6, 6.07) is 0. The molecule has 0 aliphatic rings. The van der Waals surface area contributed by atoms with Crippen molar-refractivity contribution in [2.75, 3.05) is 7.09 Å². The van der Waals surface area contributed by atoms with Gasteiger partial charge in [0, 0.05) is 7.09 Å². The number of hydrogen-bond donors (Lipinski definition) is 4. The number of carbonyl (C=O) groups is 2. The molecule has 0 amide bonds. The second-order valence-corrected chi connectivity index (χ2v) is 2.53. The van der Waals surface area contributed by atoms with Crippen LogP contribution in [0.4, 0.5) is 0 Å². The van der Waals surface area contributed by atoms with Gasteiger partial charge in [-0.25, -0.2) is 4.79 Å². The molecule has 14 heavy (non-hydrogen) atoms. The van der Waals surface area contributed by atoms with Gasteiger partial charge in [-0.3, -0.25) is 0 Å². The van der Waals surface area contributed by atoms with Crippen molar-refractivity contribution in [1.82, 2.24) is 0 Å². The van der Waals surface area contributed by atoms with Crippen LogP contribution in [0.1, 0.15) is 1.37 Å². The molecule has 4 N–H and O–H groups in total. The van der Waals surface area contributed by atoms with Gasteiger partial charge in [-0.1, -0.05) is 0 Å². The number of aldehydes is 1. The molecule has 0 unspecified atom stereocenters. The smallest absolute Gasteiger partial charge is 0.335 e. The largest absolute Gasteiger partial charge is 0.479 e. The molecule has 0 radical (unpaired) electrons. The van der Waals surface area contributed by atoms with Crippen molar-refractivity contribution >= 4 is 12.3 Å². The monoisotopic (exact) mass is 209 g/mol. The Labute approximate surface area is 80.9 Å². The molecule has 7 heteroatoms. The van der Waals surface area contributed by atoms with E-state index in [2.05, 4.69) is 4.74 Å². The topological polar surface area (TPSA) is 124 Å². The second-order valence-electron chi connectivity index (χ2n) is 2.53. The molecule has 0 aromatic rings. The van der Waals surface area contributed by atoms with E-state index in [1.807, 2.05) is 0 Å². The Kier molecular flexibility index (Phi) is 4.47. The lowest BCUT2D eigenvalue weighted by atomic mass is 10.0. The van der Waals surface area contributed by atoms with E-state index in [4.69, 9.17) is 16.7 Å². The lowest BCUT2D eigenvalue weighted by Gasteiger charge is -2.24. The number of rotatable bonds is 6. The zero-order valence-corrected chi connectivity index (χ0v) is 7.11. The molecule has 0 rings (SSSR count). The van der Waals surface area contributed by atoms with Crippen LogP contribution in [0, 0.1) is 0 Å². The number of aliphatic hydroxyl groups excluding tert-OH is 3. The van der Waals surface area contributed by atoms with Crippen LogP contribution in [0.15, 0.2) is 0 Å². The molecule has 7 nitrogen and oxygen atoms in total. The fraction of sp³-hybridized carbons (Fsp3) is 0.714. The fourth-order valence-electron chi connectivity index (χ4n) is 0.792. The third kappa shape index (κ3) is 3.04. The van der Waals surface area contributed by atoms with E-state index < -0.39 is 37.5 Å². The molecule has 0 spiro atoms. The molecule has 0 saturated carbocycles. The van der Waals surface area contributed by atoms with Crippen molar-refractivity contribution in [1.29, 1.82) is 0 Å². The van der Waals surface area contributed by atoms with E-state index in [1.54, 1.807) is 0 Å². The predicted molar refractivity (Wildman–Crippen MR) is 42.5 cm³/mol. The van der Waals surface area contributed by atoms with Crippen LogP contribution in [0.3, 0.4) is 0 Å². The summed E-state index contributed by atoms with van der Waals surface area (Å²) >= 11 is 0. The molecule has 82 valence electrons. The summed E-state index contributed by atoms with van der Waals surface area (Å²) in [4.78, 5) is 20.5. The van der Waals surface area contributed by atoms with Crippen LogP contribution < -0.4 is 0 Å². The molecule has 0 aliphatic carbocycles. The van der Waals surface area contributed by atoms with Crippen molar-refractivity contribution in [2.24, 2.45) is 0 Å². The van der Waals surface area contributed by atoms with Gasteiger partial charge in [-0.05, 0) is 0 Å². The summed E-state index contributed by atoms with van der Waals surface area (Å²) < 4.78 is 11.1. The predicted octanol–water partition coefficient (Wildman–Crippen LogP) is -2.63. The average Bonchev–Trinajstić information content (AvgIpc) is 2.22. The van der Waals surface area contributed by atoms with Gasteiger partial charge >= 0.3 is 5.97 Å². The summed E-state index contributed by atoms with van der Waals surface area (Å²) in [5.41, 5.74) is 0. The minimum absolute atomic E-state index is 0.0282. The maximum absolute atomic E-state index is 10.4. The third-order valence-corrected chi connectivity index (χ3v) is 1.58. The van der Waals surface area contributed by atoms with Crippen LogP contribution in [0.5, 0.6) is 0 Å². The highest BCUT2D eigenvalue weighted by atomic mass is 16.5. The lowest BCUT2D eigenvalue weighted by molar-refractivity contribution is -0.167. The van der Waals surface area contributed by atoms with Crippen LogP contribution in [0.2, 0.25) is 0 Å². The number of carboxylic acids is 1. The van der Waals surface area contributed by atoms with Crippen LogP contribution >= 0.6 is 0 Å². The Morgan fingerprint density at radius 2 is 2.07 bits per heavy atom. The third-order valence-electron chi connectivity index (χ3n) is 1.58. The van der Waals surface area contributed by atoms with Crippen LogP contribution in [0.25, 0.3) is 0 Å². The van der Waals surface area contributed by atoms with Crippen molar-refractivity contribution < 1.29 is 36.1 Å². The van der Waals surface area contributed by atoms with Gasteiger partial charge < -0.3 is 30.0 Å². The summed E-state index contributed by atoms with van der Waals surface area (Å²) in [6.45, 7) is 0. The number of aliphatic hydroxyl groups is 3. The number of aliphatic carboxylic acids is 1. The SMILES string of the molecule is [2H]CO[C@@H]([C@H](O)[C@@H](O)C=O)[C@H](O)C(=O)O. The van der Waals surface area contributed by atoms with Gasteiger partial charge in [0.25, 0.3) is 0 Å². The Bertz CT molecular complexity index is 221. The summed E-state index contributed by atoms with van der Waals surface area (Å²) in [7, 11) is -0.725. The lowest BCUT2D eigenvalue weighted by Crippen LogP contribution is -2.49.